The number of aryl methyl sites for hydroxylation is 1. The molecule has 1 N–H and O–H groups in total. The van der Waals surface area contributed by atoms with Gasteiger partial charge >= 0.3 is 12.1 Å². The maximum absolute atomic E-state index is 10.6. The number of carboxylic acids is 1. The molecular weight excluding hydrogens is 451 g/mol. The Balaban J connectivity index is 0.000000344. The third-order valence-electron chi connectivity index (χ3n) is 6.27. The van der Waals surface area contributed by atoms with E-state index < -0.39 is 12.1 Å². The van der Waals surface area contributed by atoms with Gasteiger partial charge in [-0.15, -0.1) is 0 Å². The molecule has 1 saturated heterocycles. The normalized spacial score (nSPS) is 19.7. The lowest BCUT2D eigenvalue weighted by atomic mass is 9.86. The lowest BCUT2D eigenvalue weighted by Gasteiger charge is -2.23. The van der Waals surface area contributed by atoms with Gasteiger partial charge in [0.05, 0.1) is 25.2 Å². The molecule has 0 aliphatic carbocycles. The van der Waals surface area contributed by atoms with Gasteiger partial charge in [0.2, 0.25) is 0 Å². The Labute approximate surface area is 194 Å². The van der Waals surface area contributed by atoms with Crippen LogP contribution in [-0.2, 0) is 31.4 Å². The fourth-order valence-corrected chi connectivity index (χ4v) is 4.78. The van der Waals surface area contributed by atoms with Crippen LogP contribution in [-0.4, -0.2) is 61.7 Å². The molecule has 11 heteroatoms. The molecule has 0 radical (unpaired) electrons. The van der Waals surface area contributed by atoms with Gasteiger partial charge < -0.3 is 14.4 Å². The Kier molecular flexibility index (Phi) is 6.39. The molecule has 2 aromatic heterocycles. The summed E-state index contributed by atoms with van der Waals surface area (Å²) in [5, 5.41) is 11.4. The van der Waals surface area contributed by atoms with Crippen LogP contribution in [0.3, 0.4) is 0 Å². The fourth-order valence-electron chi connectivity index (χ4n) is 4.78. The highest BCUT2D eigenvalue weighted by Crippen LogP contribution is 2.43. The molecule has 1 unspecified atom stereocenters. The summed E-state index contributed by atoms with van der Waals surface area (Å²) in [6, 6.07) is 8.22. The van der Waals surface area contributed by atoms with Crippen molar-refractivity contribution in [3.63, 3.8) is 0 Å². The Morgan fingerprint density at radius 3 is 2.62 bits per heavy atom. The Bertz CT molecular complexity index is 1170. The number of hydrogen-bond acceptors (Lipinski definition) is 5. The minimum atomic E-state index is -5.08. The van der Waals surface area contributed by atoms with Crippen LogP contribution in [0.1, 0.15) is 17.8 Å². The van der Waals surface area contributed by atoms with E-state index in [1.165, 1.54) is 23.5 Å². The van der Waals surface area contributed by atoms with Crippen LogP contribution in [0, 0.1) is 5.41 Å². The number of halogens is 3. The van der Waals surface area contributed by atoms with E-state index in [9.17, 15) is 13.2 Å². The highest BCUT2D eigenvalue weighted by Gasteiger charge is 2.44. The highest BCUT2D eigenvalue weighted by molar-refractivity contribution is 5.73. The summed E-state index contributed by atoms with van der Waals surface area (Å²) < 4.78 is 41.6. The van der Waals surface area contributed by atoms with Crippen molar-refractivity contribution < 1.29 is 27.8 Å². The number of rotatable bonds is 4. The van der Waals surface area contributed by atoms with E-state index in [-0.39, 0.29) is 0 Å². The van der Waals surface area contributed by atoms with Crippen molar-refractivity contribution in [1.82, 2.24) is 24.2 Å². The minimum Gasteiger partial charge on any atom is -0.496 e. The van der Waals surface area contributed by atoms with Crippen LogP contribution in [0.15, 0.2) is 42.9 Å². The maximum atomic E-state index is 10.6. The average Bonchev–Trinajstić information content (AvgIpc) is 3.54. The van der Waals surface area contributed by atoms with Gasteiger partial charge in [-0.2, -0.15) is 18.3 Å². The van der Waals surface area contributed by atoms with Gasteiger partial charge in [0.15, 0.2) is 0 Å². The number of carbonyl (C=O) groups is 1. The first-order chi connectivity index (χ1) is 16.1. The molecule has 4 heterocycles. The van der Waals surface area contributed by atoms with Crippen LogP contribution in [0.25, 0.3) is 11.3 Å². The second-order valence-corrected chi connectivity index (χ2v) is 8.81. The van der Waals surface area contributed by atoms with Crippen LogP contribution in [0.2, 0.25) is 0 Å². The molecule has 1 fully saturated rings. The number of methoxy groups -OCH3 is 1. The van der Waals surface area contributed by atoms with Gasteiger partial charge in [0.25, 0.3) is 0 Å². The van der Waals surface area contributed by atoms with E-state index in [1.807, 2.05) is 36.3 Å². The molecule has 182 valence electrons. The number of imidazole rings is 1. The minimum absolute atomic E-state index is 0.308. The standard InChI is InChI=1S/C21H25N5O.C2HF3O2/c1-24-12-16(10-23-24)13-25-8-7-21(14-25)9-20-22-11-18(26(20)15-21)17-5-3-4-6-19(17)27-2;3-2(4,5)1(6)7/h3-6,10-12H,7-9,13-15H2,1-2H3;(H,6,7). The summed E-state index contributed by atoms with van der Waals surface area (Å²) in [6.45, 7) is 4.29. The molecule has 1 spiro atoms. The van der Waals surface area contributed by atoms with E-state index in [0.717, 1.165) is 43.9 Å². The van der Waals surface area contributed by atoms with Crippen LogP contribution < -0.4 is 4.74 Å². The van der Waals surface area contributed by atoms with Crippen LogP contribution in [0.5, 0.6) is 5.75 Å². The predicted molar refractivity (Wildman–Crippen MR) is 117 cm³/mol. The Hall–Kier alpha value is -3.34. The number of hydrogen-bond donors (Lipinski definition) is 1. The summed E-state index contributed by atoms with van der Waals surface area (Å²) in [6.07, 6.45) is 3.30. The SMILES string of the molecule is COc1ccccc1-c1cnc2n1CC1(CCN(Cc3cnn(C)c3)C1)C2.O=C(O)C(F)(F)F. The molecule has 0 bridgehead atoms. The molecule has 2 aliphatic rings. The largest absolute Gasteiger partial charge is 0.496 e. The highest BCUT2D eigenvalue weighted by atomic mass is 19.4. The maximum Gasteiger partial charge on any atom is 0.490 e. The monoisotopic (exact) mass is 477 g/mol. The number of benzene rings is 1. The zero-order valence-corrected chi connectivity index (χ0v) is 18.9. The number of para-hydroxylation sites is 1. The van der Waals surface area contributed by atoms with E-state index in [0.29, 0.717) is 5.41 Å². The molecule has 2 aliphatic heterocycles. The summed E-state index contributed by atoms with van der Waals surface area (Å²) in [5.74, 6) is -0.641. The predicted octanol–water partition coefficient (Wildman–Crippen LogP) is 3.37. The van der Waals surface area contributed by atoms with E-state index in [1.54, 1.807) is 7.11 Å². The molecule has 1 atom stereocenters. The van der Waals surface area contributed by atoms with Gasteiger partial charge in [-0.25, -0.2) is 9.78 Å². The number of nitrogens with zero attached hydrogens (tertiary/aromatic N) is 5. The van der Waals surface area contributed by atoms with Crippen molar-refractivity contribution in [1.29, 1.82) is 0 Å². The van der Waals surface area contributed by atoms with Crippen LogP contribution >= 0.6 is 0 Å². The summed E-state index contributed by atoms with van der Waals surface area (Å²) in [7, 11) is 3.71. The van der Waals surface area contributed by atoms with Crippen molar-refractivity contribution in [2.45, 2.75) is 32.1 Å². The number of ether oxygens (including phenoxy) is 1. The van der Waals surface area contributed by atoms with Crippen molar-refractivity contribution in [3.05, 3.63) is 54.2 Å². The molecule has 1 aromatic carbocycles. The molecule has 5 rings (SSSR count). The quantitative estimate of drug-likeness (QED) is 0.620. The number of alkyl halides is 3. The van der Waals surface area contributed by atoms with Crippen LogP contribution in [0.4, 0.5) is 13.2 Å². The van der Waals surface area contributed by atoms with Gasteiger partial charge in [0, 0.05) is 55.8 Å². The molecular formula is C23H26F3N5O3. The second kappa shape index (κ2) is 9.13. The third kappa shape index (κ3) is 4.93. The zero-order chi connectivity index (χ0) is 24.5. The fraction of sp³-hybridized carbons (Fsp3) is 0.435. The summed E-state index contributed by atoms with van der Waals surface area (Å²) in [4.78, 5) is 16.2. The first-order valence-corrected chi connectivity index (χ1v) is 10.8. The van der Waals surface area contributed by atoms with E-state index in [4.69, 9.17) is 19.6 Å². The smallest absolute Gasteiger partial charge is 0.490 e. The Morgan fingerprint density at radius 2 is 1.97 bits per heavy atom. The number of fused-ring (bicyclic) bond motifs is 1. The van der Waals surface area contributed by atoms with Gasteiger partial charge in [-0.3, -0.25) is 9.58 Å². The molecule has 3 aromatic rings. The van der Waals surface area contributed by atoms with E-state index >= 15 is 0 Å². The molecule has 34 heavy (non-hydrogen) atoms. The van der Waals surface area contributed by atoms with Gasteiger partial charge in [-0.05, 0) is 25.1 Å². The summed E-state index contributed by atoms with van der Waals surface area (Å²) in [5.41, 5.74) is 3.90. The second-order valence-electron chi connectivity index (χ2n) is 8.81. The lowest BCUT2D eigenvalue weighted by Crippen LogP contribution is -2.28. The van der Waals surface area contributed by atoms with Crippen molar-refractivity contribution >= 4 is 5.97 Å². The van der Waals surface area contributed by atoms with Crippen molar-refractivity contribution in [2.75, 3.05) is 20.2 Å². The Morgan fingerprint density at radius 1 is 1.24 bits per heavy atom. The molecule has 8 nitrogen and oxygen atoms in total. The van der Waals surface area contributed by atoms with Gasteiger partial charge in [0.1, 0.15) is 11.6 Å². The average molecular weight is 477 g/mol. The summed E-state index contributed by atoms with van der Waals surface area (Å²) >= 11 is 0. The zero-order valence-electron chi connectivity index (χ0n) is 18.9. The molecule has 0 saturated carbocycles. The number of carboxylic acid groups (broad SMARTS) is 1. The van der Waals surface area contributed by atoms with Crippen molar-refractivity contribution in [2.24, 2.45) is 12.5 Å². The number of likely N-dealkylation sites (tertiary alicyclic amines) is 1. The van der Waals surface area contributed by atoms with E-state index in [2.05, 4.69) is 32.9 Å². The molecule has 0 amide bonds. The van der Waals surface area contributed by atoms with Crippen molar-refractivity contribution in [3.8, 4) is 17.0 Å². The lowest BCUT2D eigenvalue weighted by molar-refractivity contribution is -0.192. The number of aliphatic carboxylic acids is 1. The third-order valence-corrected chi connectivity index (χ3v) is 6.27. The number of aromatic nitrogens is 4. The first kappa shape index (κ1) is 23.8. The first-order valence-electron chi connectivity index (χ1n) is 10.8. The van der Waals surface area contributed by atoms with Gasteiger partial charge in [-0.1, -0.05) is 12.1 Å². The topological polar surface area (TPSA) is 85.4 Å².